The number of carbonyl (C=O) groups excluding carboxylic acids is 2. The molecule has 6 heteroatoms. The summed E-state index contributed by atoms with van der Waals surface area (Å²) in [6, 6.07) is -0.521. The van der Waals surface area contributed by atoms with E-state index in [0.717, 1.165) is 0 Å². The van der Waals surface area contributed by atoms with Crippen LogP contribution in [0.4, 0.5) is 0 Å². The van der Waals surface area contributed by atoms with Gasteiger partial charge in [0.1, 0.15) is 11.5 Å². The van der Waals surface area contributed by atoms with Crippen LogP contribution < -0.4 is 5.73 Å². The molecule has 0 aromatic carbocycles. The summed E-state index contributed by atoms with van der Waals surface area (Å²) in [4.78, 5) is 24.0. The maximum absolute atomic E-state index is 11.4. The number of hydrogen-bond donors (Lipinski definition) is 1. The fraction of sp³-hybridized carbons (Fsp3) is 0.750. The largest absolute Gasteiger partial charge is 0.464 e. The number of hydrogen-bond acceptors (Lipinski definition) is 5. The molecule has 1 aliphatic rings. The number of nitrogens with zero attached hydrogens (tertiary/aromatic N) is 1. The minimum Gasteiger partial charge on any atom is -0.464 e. The normalized spacial score (nSPS) is 26.4. The summed E-state index contributed by atoms with van der Waals surface area (Å²) in [5.41, 5.74) is 5.24. The molecule has 0 radical (unpaired) electrons. The lowest BCUT2D eigenvalue weighted by atomic mass is 10.3. The van der Waals surface area contributed by atoms with E-state index < -0.39 is 11.5 Å². The van der Waals surface area contributed by atoms with Crippen LogP contribution >= 0.6 is 11.8 Å². The van der Waals surface area contributed by atoms with Crippen molar-refractivity contribution >= 4 is 23.6 Å². The van der Waals surface area contributed by atoms with Crippen LogP contribution in [0.25, 0.3) is 0 Å². The minimum absolute atomic E-state index is 0.194. The van der Waals surface area contributed by atoms with Crippen LogP contribution in [0, 0.1) is 0 Å². The van der Waals surface area contributed by atoms with Crippen molar-refractivity contribution in [3.63, 3.8) is 0 Å². The summed E-state index contributed by atoms with van der Waals surface area (Å²) in [7, 11) is 0. The molecule has 2 atom stereocenters. The van der Waals surface area contributed by atoms with Crippen LogP contribution in [0.3, 0.4) is 0 Å². The zero-order valence-electron chi connectivity index (χ0n) is 8.23. The van der Waals surface area contributed by atoms with Gasteiger partial charge in [-0.3, -0.25) is 4.79 Å². The Morgan fingerprint density at radius 2 is 2.29 bits per heavy atom. The van der Waals surface area contributed by atoms with Crippen molar-refractivity contribution in [2.75, 3.05) is 12.4 Å². The summed E-state index contributed by atoms with van der Waals surface area (Å²) in [5.74, 6) is -0.0525. The van der Waals surface area contributed by atoms with Gasteiger partial charge in [0, 0.05) is 12.7 Å². The molecule has 1 amide bonds. The smallest absolute Gasteiger partial charge is 0.329 e. The van der Waals surface area contributed by atoms with Gasteiger partial charge in [0.25, 0.3) is 0 Å². The lowest BCUT2D eigenvalue weighted by molar-refractivity contribution is -0.153. The summed E-state index contributed by atoms with van der Waals surface area (Å²) in [5, 5.41) is 0. The molecule has 5 nitrogen and oxygen atoms in total. The molecule has 80 valence electrons. The number of carbonyl (C=O) groups is 2. The van der Waals surface area contributed by atoms with E-state index in [1.807, 2.05) is 0 Å². The highest BCUT2D eigenvalue weighted by molar-refractivity contribution is 8.00. The zero-order valence-corrected chi connectivity index (χ0v) is 9.04. The molecule has 1 rings (SSSR count). The molecule has 1 saturated heterocycles. The second-order valence-electron chi connectivity index (χ2n) is 2.92. The van der Waals surface area contributed by atoms with Crippen molar-refractivity contribution in [3.8, 4) is 0 Å². The van der Waals surface area contributed by atoms with Crippen molar-refractivity contribution in [1.29, 1.82) is 0 Å². The highest BCUT2D eigenvalue weighted by Crippen LogP contribution is 2.26. The molecule has 0 bridgehead atoms. The van der Waals surface area contributed by atoms with Crippen molar-refractivity contribution in [3.05, 3.63) is 0 Å². The SMILES string of the molecule is CCOC(=O)C1CSC(N)N1C(C)=O. The first kappa shape index (κ1) is 11.3. The Labute approximate surface area is 86.9 Å². The van der Waals surface area contributed by atoms with Crippen LogP contribution in [-0.2, 0) is 14.3 Å². The zero-order chi connectivity index (χ0) is 10.7. The highest BCUT2D eigenvalue weighted by atomic mass is 32.2. The quantitative estimate of drug-likeness (QED) is 0.647. The van der Waals surface area contributed by atoms with E-state index >= 15 is 0 Å². The molecule has 2 unspecified atom stereocenters. The molecule has 0 saturated carbocycles. The van der Waals surface area contributed by atoms with Gasteiger partial charge in [-0.05, 0) is 6.92 Å². The third kappa shape index (κ3) is 2.19. The van der Waals surface area contributed by atoms with E-state index in [2.05, 4.69) is 0 Å². The predicted octanol–water partition coefficient (Wildman–Crippen LogP) is -0.244. The Kier molecular flexibility index (Phi) is 3.77. The van der Waals surface area contributed by atoms with Gasteiger partial charge in [-0.1, -0.05) is 0 Å². The van der Waals surface area contributed by atoms with Gasteiger partial charge < -0.3 is 15.4 Å². The Morgan fingerprint density at radius 1 is 1.64 bits per heavy atom. The molecule has 14 heavy (non-hydrogen) atoms. The molecule has 1 aliphatic heterocycles. The van der Waals surface area contributed by atoms with Gasteiger partial charge in [-0.25, -0.2) is 4.79 Å². The summed E-state index contributed by atoms with van der Waals surface area (Å²) < 4.78 is 4.85. The van der Waals surface area contributed by atoms with E-state index in [1.165, 1.54) is 23.6 Å². The molecular formula is C8H14N2O3S. The number of rotatable bonds is 2. The predicted molar refractivity (Wildman–Crippen MR) is 53.4 cm³/mol. The first-order chi connectivity index (χ1) is 6.57. The second-order valence-corrected chi connectivity index (χ2v) is 4.07. The molecule has 0 spiro atoms. The monoisotopic (exact) mass is 218 g/mol. The summed E-state index contributed by atoms with van der Waals surface area (Å²) >= 11 is 1.38. The molecule has 0 aliphatic carbocycles. The molecular weight excluding hydrogens is 204 g/mol. The Hall–Kier alpha value is -0.750. The minimum atomic E-state index is -0.521. The molecule has 1 heterocycles. The molecule has 0 aromatic heterocycles. The fourth-order valence-electron chi connectivity index (χ4n) is 1.35. The maximum Gasteiger partial charge on any atom is 0.329 e. The van der Waals surface area contributed by atoms with E-state index in [0.29, 0.717) is 12.4 Å². The number of amides is 1. The molecule has 1 fully saturated rings. The lowest BCUT2D eigenvalue weighted by Gasteiger charge is -2.24. The van der Waals surface area contributed by atoms with E-state index in [4.69, 9.17) is 10.5 Å². The maximum atomic E-state index is 11.4. The second kappa shape index (κ2) is 4.65. The first-order valence-electron chi connectivity index (χ1n) is 4.40. The number of nitrogens with two attached hydrogens (primary N) is 1. The van der Waals surface area contributed by atoms with Gasteiger partial charge in [0.2, 0.25) is 5.91 Å². The number of ether oxygens (including phenoxy) is 1. The fourth-order valence-corrected chi connectivity index (χ4v) is 2.48. The topological polar surface area (TPSA) is 72.6 Å². The lowest BCUT2D eigenvalue weighted by Crippen LogP contribution is -2.48. The van der Waals surface area contributed by atoms with Crippen molar-refractivity contribution in [2.45, 2.75) is 25.4 Å². The van der Waals surface area contributed by atoms with Gasteiger partial charge in [0.05, 0.1) is 6.61 Å². The Morgan fingerprint density at radius 3 is 2.79 bits per heavy atom. The average molecular weight is 218 g/mol. The molecule has 2 N–H and O–H groups in total. The third-order valence-corrected chi connectivity index (χ3v) is 3.03. The van der Waals surface area contributed by atoms with Crippen LogP contribution in [0.1, 0.15) is 13.8 Å². The standard InChI is InChI=1S/C8H14N2O3S/c1-3-13-7(12)6-4-14-8(9)10(6)5(2)11/h6,8H,3-4,9H2,1-2H3. The van der Waals surface area contributed by atoms with E-state index in [-0.39, 0.29) is 11.9 Å². The highest BCUT2D eigenvalue weighted by Gasteiger charge is 2.39. The van der Waals surface area contributed by atoms with Crippen LogP contribution in [0.2, 0.25) is 0 Å². The van der Waals surface area contributed by atoms with Gasteiger partial charge in [-0.2, -0.15) is 0 Å². The summed E-state index contributed by atoms with van der Waals surface area (Å²) in [6.45, 7) is 3.46. The summed E-state index contributed by atoms with van der Waals surface area (Å²) in [6.07, 6.45) is 0. The van der Waals surface area contributed by atoms with Crippen LogP contribution in [-0.4, -0.2) is 40.7 Å². The Bertz CT molecular complexity index is 247. The van der Waals surface area contributed by atoms with Crippen molar-refractivity contribution in [2.24, 2.45) is 5.73 Å². The van der Waals surface area contributed by atoms with Crippen molar-refractivity contribution < 1.29 is 14.3 Å². The van der Waals surface area contributed by atoms with Crippen molar-refractivity contribution in [1.82, 2.24) is 4.90 Å². The average Bonchev–Trinajstić information content (AvgIpc) is 2.47. The molecule has 0 aromatic rings. The first-order valence-corrected chi connectivity index (χ1v) is 5.45. The van der Waals surface area contributed by atoms with Crippen LogP contribution in [0.5, 0.6) is 0 Å². The number of esters is 1. The third-order valence-electron chi connectivity index (χ3n) is 1.96. The van der Waals surface area contributed by atoms with Gasteiger partial charge in [-0.15, -0.1) is 11.8 Å². The number of thioether (sulfide) groups is 1. The van der Waals surface area contributed by atoms with E-state index in [9.17, 15) is 9.59 Å². The Balaban J connectivity index is 2.69. The van der Waals surface area contributed by atoms with Crippen LogP contribution in [0.15, 0.2) is 0 Å². The van der Waals surface area contributed by atoms with Gasteiger partial charge in [0.15, 0.2) is 0 Å². The van der Waals surface area contributed by atoms with E-state index in [1.54, 1.807) is 6.92 Å². The van der Waals surface area contributed by atoms with Gasteiger partial charge >= 0.3 is 5.97 Å².